The lowest BCUT2D eigenvalue weighted by atomic mass is 10.2. The van der Waals surface area contributed by atoms with Gasteiger partial charge < -0.3 is 20.1 Å². The summed E-state index contributed by atoms with van der Waals surface area (Å²) in [4.78, 5) is 24.6. The van der Waals surface area contributed by atoms with Gasteiger partial charge in [0.25, 0.3) is 0 Å². The van der Waals surface area contributed by atoms with Gasteiger partial charge in [0.15, 0.2) is 0 Å². The van der Waals surface area contributed by atoms with Crippen molar-refractivity contribution in [1.82, 2.24) is 10.2 Å². The lowest BCUT2D eigenvalue weighted by molar-refractivity contribution is -0.139. The van der Waals surface area contributed by atoms with Crippen molar-refractivity contribution < 1.29 is 19.4 Å². The predicted molar refractivity (Wildman–Crippen MR) is 68.6 cm³/mol. The van der Waals surface area contributed by atoms with Crippen LogP contribution in [0.4, 0.5) is 4.79 Å². The van der Waals surface area contributed by atoms with Gasteiger partial charge in [-0.2, -0.15) is 0 Å². The van der Waals surface area contributed by atoms with Crippen LogP contribution < -0.4 is 5.32 Å². The molecule has 6 heteroatoms. The van der Waals surface area contributed by atoms with Gasteiger partial charge in [0.1, 0.15) is 6.04 Å². The molecule has 0 saturated carbocycles. The van der Waals surface area contributed by atoms with E-state index in [1.165, 1.54) is 7.11 Å². The SMILES string of the molecule is CCC(C)N(CC)C(=O)NC(CCOC)C(=O)O. The molecule has 0 saturated heterocycles. The number of carboxylic acid groups (broad SMARTS) is 1. The summed E-state index contributed by atoms with van der Waals surface area (Å²) in [5.41, 5.74) is 0. The van der Waals surface area contributed by atoms with Gasteiger partial charge in [-0.25, -0.2) is 9.59 Å². The van der Waals surface area contributed by atoms with Crippen LogP contribution in [0.1, 0.15) is 33.6 Å². The number of methoxy groups -OCH3 is 1. The van der Waals surface area contributed by atoms with Crippen LogP contribution in [0, 0.1) is 0 Å². The second-order valence-corrected chi connectivity index (χ2v) is 4.17. The Balaban J connectivity index is 4.51. The number of amides is 2. The number of urea groups is 1. The average Bonchev–Trinajstić information content (AvgIpc) is 2.34. The van der Waals surface area contributed by atoms with Gasteiger partial charge in [-0.3, -0.25) is 0 Å². The Morgan fingerprint density at radius 1 is 1.39 bits per heavy atom. The maximum absolute atomic E-state index is 12.0. The second kappa shape index (κ2) is 8.74. The van der Waals surface area contributed by atoms with Crippen molar-refractivity contribution in [3.63, 3.8) is 0 Å². The molecule has 106 valence electrons. The van der Waals surface area contributed by atoms with Crippen molar-refractivity contribution in [1.29, 1.82) is 0 Å². The first-order valence-corrected chi connectivity index (χ1v) is 6.26. The van der Waals surface area contributed by atoms with E-state index in [0.717, 1.165) is 6.42 Å². The fraction of sp³-hybridized carbons (Fsp3) is 0.833. The highest BCUT2D eigenvalue weighted by molar-refractivity contribution is 5.82. The van der Waals surface area contributed by atoms with Crippen LogP contribution in [-0.2, 0) is 9.53 Å². The molecule has 18 heavy (non-hydrogen) atoms. The highest BCUT2D eigenvalue weighted by atomic mass is 16.5. The van der Waals surface area contributed by atoms with Gasteiger partial charge in [-0.05, 0) is 20.3 Å². The highest BCUT2D eigenvalue weighted by Gasteiger charge is 2.24. The van der Waals surface area contributed by atoms with E-state index in [1.807, 2.05) is 20.8 Å². The number of nitrogens with one attached hydrogen (secondary N) is 1. The van der Waals surface area contributed by atoms with E-state index in [2.05, 4.69) is 5.32 Å². The quantitative estimate of drug-likeness (QED) is 0.689. The van der Waals surface area contributed by atoms with Crippen molar-refractivity contribution in [3.8, 4) is 0 Å². The first kappa shape index (κ1) is 16.7. The summed E-state index contributed by atoms with van der Waals surface area (Å²) < 4.78 is 4.83. The van der Waals surface area contributed by atoms with Crippen LogP contribution >= 0.6 is 0 Å². The summed E-state index contributed by atoms with van der Waals surface area (Å²) in [5.74, 6) is -1.04. The second-order valence-electron chi connectivity index (χ2n) is 4.17. The van der Waals surface area contributed by atoms with E-state index in [0.29, 0.717) is 13.2 Å². The summed E-state index contributed by atoms with van der Waals surface area (Å²) in [6, 6.07) is -1.15. The zero-order valence-corrected chi connectivity index (χ0v) is 11.6. The molecule has 6 nitrogen and oxygen atoms in total. The van der Waals surface area contributed by atoms with Gasteiger partial charge >= 0.3 is 12.0 Å². The van der Waals surface area contributed by atoms with Crippen LogP contribution in [0.15, 0.2) is 0 Å². The summed E-state index contributed by atoms with van der Waals surface area (Å²) >= 11 is 0. The zero-order chi connectivity index (χ0) is 14.1. The summed E-state index contributed by atoms with van der Waals surface area (Å²) in [7, 11) is 1.50. The molecule has 2 atom stereocenters. The van der Waals surface area contributed by atoms with Crippen molar-refractivity contribution in [3.05, 3.63) is 0 Å². The number of aliphatic carboxylic acids is 1. The lowest BCUT2D eigenvalue weighted by Crippen LogP contribution is -2.50. The molecule has 0 aliphatic carbocycles. The smallest absolute Gasteiger partial charge is 0.326 e. The molecule has 2 amide bonds. The minimum absolute atomic E-state index is 0.0897. The first-order valence-electron chi connectivity index (χ1n) is 6.26. The Hall–Kier alpha value is -1.30. The number of hydrogen-bond donors (Lipinski definition) is 2. The van der Waals surface area contributed by atoms with Crippen LogP contribution in [-0.4, -0.2) is 54.4 Å². The van der Waals surface area contributed by atoms with E-state index in [4.69, 9.17) is 9.84 Å². The van der Waals surface area contributed by atoms with Crippen molar-refractivity contribution in [2.45, 2.75) is 45.7 Å². The molecule has 2 N–H and O–H groups in total. The van der Waals surface area contributed by atoms with E-state index in [1.54, 1.807) is 4.90 Å². The third-order valence-corrected chi connectivity index (χ3v) is 2.93. The molecule has 0 aliphatic heterocycles. The van der Waals surface area contributed by atoms with Crippen LogP contribution in [0.3, 0.4) is 0 Å². The summed E-state index contributed by atoms with van der Waals surface area (Å²) in [5, 5.41) is 11.5. The zero-order valence-electron chi connectivity index (χ0n) is 11.6. The molecule has 0 spiro atoms. The number of carbonyl (C=O) groups is 2. The van der Waals surface area contributed by atoms with Crippen LogP contribution in [0.25, 0.3) is 0 Å². The average molecular weight is 260 g/mol. The third-order valence-electron chi connectivity index (χ3n) is 2.93. The molecule has 0 fully saturated rings. The maximum atomic E-state index is 12.0. The molecular formula is C12H24N2O4. The molecule has 0 rings (SSSR count). The number of carbonyl (C=O) groups excluding carboxylic acids is 1. The van der Waals surface area contributed by atoms with Gasteiger partial charge in [0.05, 0.1) is 0 Å². The minimum Gasteiger partial charge on any atom is -0.480 e. The summed E-state index contributed by atoms with van der Waals surface area (Å²) in [6.07, 6.45) is 1.09. The van der Waals surface area contributed by atoms with Gasteiger partial charge in [0.2, 0.25) is 0 Å². The molecular weight excluding hydrogens is 236 g/mol. The monoisotopic (exact) mass is 260 g/mol. The molecule has 0 aromatic carbocycles. The largest absolute Gasteiger partial charge is 0.480 e. The molecule has 0 bridgehead atoms. The Morgan fingerprint density at radius 2 is 2.00 bits per heavy atom. The maximum Gasteiger partial charge on any atom is 0.326 e. The molecule has 2 unspecified atom stereocenters. The van der Waals surface area contributed by atoms with E-state index >= 15 is 0 Å². The summed E-state index contributed by atoms with van der Waals surface area (Å²) in [6.45, 7) is 6.65. The third kappa shape index (κ3) is 5.35. The molecule has 0 aliphatic rings. The van der Waals surface area contributed by atoms with Crippen LogP contribution in [0.5, 0.6) is 0 Å². The minimum atomic E-state index is -1.04. The predicted octanol–water partition coefficient (Wildman–Crippen LogP) is 1.31. The topological polar surface area (TPSA) is 78.9 Å². The molecule has 0 aromatic heterocycles. The van der Waals surface area contributed by atoms with Crippen molar-refractivity contribution in [2.24, 2.45) is 0 Å². The number of hydrogen-bond acceptors (Lipinski definition) is 3. The number of carboxylic acids is 1. The molecule has 0 heterocycles. The van der Waals surface area contributed by atoms with E-state index in [-0.39, 0.29) is 18.5 Å². The Kier molecular flexibility index (Phi) is 8.11. The van der Waals surface area contributed by atoms with Gasteiger partial charge in [-0.15, -0.1) is 0 Å². The first-order chi connectivity index (χ1) is 8.47. The normalized spacial score (nSPS) is 13.8. The Labute approximate surface area is 108 Å². The highest BCUT2D eigenvalue weighted by Crippen LogP contribution is 2.04. The fourth-order valence-corrected chi connectivity index (χ4v) is 1.60. The number of rotatable bonds is 8. The van der Waals surface area contributed by atoms with Gasteiger partial charge in [-0.1, -0.05) is 6.92 Å². The van der Waals surface area contributed by atoms with Crippen molar-refractivity contribution in [2.75, 3.05) is 20.3 Å². The van der Waals surface area contributed by atoms with Gasteiger partial charge in [0, 0.05) is 32.7 Å². The molecule has 0 radical (unpaired) electrons. The Morgan fingerprint density at radius 3 is 2.39 bits per heavy atom. The molecule has 0 aromatic rings. The van der Waals surface area contributed by atoms with Crippen LogP contribution in [0.2, 0.25) is 0 Å². The fourth-order valence-electron chi connectivity index (χ4n) is 1.60. The number of nitrogens with zero attached hydrogens (tertiary/aromatic N) is 1. The van der Waals surface area contributed by atoms with E-state index < -0.39 is 12.0 Å². The van der Waals surface area contributed by atoms with Crippen molar-refractivity contribution >= 4 is 12.0 Å². The van der Waals surface area contributed by atoms with E-state index in [9.17, 15) is 9.59 Å². The Bertz CT molecular complexity index is 271. The number of ether oxygens (including phenoxy) is 1. The standard InChI is InChI=1S/C12H24N2O4/c1-5-9(3)14(6-2)12(17)13-10(11(15)16)7-8-18-4/h9-10H,5-8H2,1-4H3,(H,13,17)(H,15,16). The lowest BCUT2D eigenvalue weighted by Gasteiger charge is -2.28.